The normalized spacial score (nSPS) is 14.5. The second-order valence-electron chi connectivity index (χ2n) is 8.67. The Labute approximate surface area is 220 Å². The van der Waals surface area contributed by atoms with Crippen molar-refractivity contribution in [1.29, 1.82) is 0 Å². The lowest BCUT2D eigenvalue weighted by atomic mass is 9.97. The van der Waals surface area contributed by atoms with Crippen LogP contribution in [0.1, 0.15) is 44.3 Å². The van der Waals surface area contributed by atoms with Crippen molar-refractivity contribution in [3.05, 3.63) is 125 Å². The van der Waals surface area contributed by atoms with E-state index in [9.17, 15) is 9.59 Å². The lowest BCUT2D eigenvalue weighted by Crippen LogP contribution is -2.27. The van der Waals surface area contributed by atoms with E-state index in [4.69, 9.17) is 19.3 Å². The molecule has 38 heavy (non-hydrogen) atoms. The fourth-order valence-electron chi connectivity index (χ4n) is 4.34. The minimum absolute atomic E-state index is 0.224. The smallest absolute Gasteiger partial charge is 0.343 e. The van der Waals surface area contributed by atoms with Gasteiger partial charge >= 0.3 is 5.97 Å². The first-order valence-corrected chi connectivity index (χ1v) is 12.1. The van der Waals surface area contributed by atoms with Gasteiger partial charge in [0.1, 0.15) is 17.2 Å². The van der Waals surface area contributed by atoms with E-state index in [1.165, 1.54) is 5.01 Å². The van der Waals surface area contributed by atoms with Gasteiger partial charge in [0.05, 0.1) is 31.5 Å². The molecule has 1 atom stereocenters. The summed E-state index contributed by atoms with van der Waals surface area (Å²) >= 11 is 0. The van der Waals surface area contributed by atoms with Gasteiger partial charge in [-0.25, -0.2) is 9.80 Å². The Bertz CT molecular complexity index is 1470. The summed E-state index contributed by atoms with van der Waals surface area (Å²) in [6, 6.07) is 30.2. The summed E-state index contributed by atoms with van der Waals surface area (Å²) in [6.07, 6.45) is 0.424. The van der Waals surface area contributed by atoms with E-state index in [1.807, 2.05) is 48.5 Å². The van der Waals surface area contributed by atoms with Crippen molar-refractivity contribution < 1.29 is 23.8 Å². The number of amides is 1. The molecule has 1 heterocycles. The van der Waals surface area contributed by atoms with Crippen molar-refractivity contribution >= 4 is 17.6 Å². The van der Waals surface area contributed by atoms with E-state index >= 15 is 0 Å². The molecule has 1 amide bonds. The number of nitrogens with zero attached hydrogens (tertiary/aromatic N) is 2. The van der Waals surface area contributed by atoms with E-state index in [0.717, 1.165) is 11.3 Å². The van der Waals surface area contributed by atoms with Crippen molar-refractivity contribution in [2.75, 3.05) is 14.2 Å². The number of carbonyl (C=O) groups excluding carboxylic acids is 2. The summed E-state index contributed by atoms with van der Waals surface area (Å²) in [5, 5.41) is 6.27. The molecule has 1 aliphatic heterocycles. The SMILES string of the molecule is COc1ccc([C@@H]2CC(c3ccc(OC)cc3OC(=O)c3ccccc3)=NN2C(=O)c2ccccc2)cc1. The molecule has 4 aromatic rings. The van der Waals surface area contributed by atoms with Gasteiger partial charge < -0.3 is 14.2 Å². The van der Waals surface area contributed by atoms with Gasteiger partial charge in [-0.15, -0.1) is 0 Å². The number of carbonyl (C=O) groups is 2. The van der Waals surface area contributed by atoms with Crippen LogP contribution in [-0.2, 0) is 0 Å². The Balaban J connectivity index is 1.54. The molecular weight excluding hydrogens is 480 g/mol. The lowest BCUT2D eigenvalue weighted by Gasteiger charge is -2.22. The second kappa shape index (κ2) is 11.0. The highest BCUT2D eigenvalue weighted by atomic mass is 16.5. The van der Waals surface area contributed by atoms with Gasteiger partial charge in [-0.05, 0) is 54.1 Å². The minimum Gasteiger partial charge on any atom is -0.497 e. The monoisotopic (exact) mass is 506 g/mol. The zero-order valence-electron chi connectivity index (χ0n) is 21.0. The van der Waals surface area contributed by atoms with Crippen molar-refractivity contribution in [3.63, 3.8) is 0 Å². The molecule has 0 unspecified atom stereocenters. The molecule has 4 aromatic carbocycles. The van der Waals surface area contributed by atoms with Crippen LogP contribution in [-0.4, -0.2) is 36.8 Å². The van der Waals surface area contributed by atoms with Gasteiger partial charge in [0.15, 0.2) is 0 Å². The maximum Gasteiger partial charge on any atom is 0.343 e. The average molecular weight is 507 g/mol. The quantitative estimate of drug-likeness (QED) is 0.230. The predicted octanol–water partition coefficient (Wildman–Crippen LogP) is 5.91. The molecule has 0 saturated carbocycles. The number of ether oxygens (including phenoxy) is 3. The third-order valence-corrected chi connectivity index (χ3v) is 6.35. The second-order valence-corrected chi connectivity index (χ2v) is 8.67. The largest absolute Gasteiger partial charge is 0.497 e. The first-order valence-electron chi connectivity index (χ1n) is 12.1. The summed E-state index contributed by atoms with van der Waals surface area (Å²) in [5.74, 6) is 0.839. The molecule has 190 valence electrons. The molecular formula is C31H26N2O5. The Kier molecular flexibility index (Phi) is 7.17. The number of hydrogen-bond donors (Lipinski definition) is 0. The molecule has 0 fully saturated rings. The van der Waals surface area contributed by atoms with Crippen LogP contribution in [0.4, 0.5) is 0 Å². The highest BCUT2D eigenvalue weighted by Crippen LogP contribution is 2.37. The Morgan fingerprint density at radius 3 is 2.00 bits per heavy atom. The van der Waals surface area contributed by atoms with Gasteiger partial charge in [0.25, 0.3) is 5.91 Å². The summed E-state index contributed by atoms with van der Waals surface area (Å²) < 4.78 is 16.5. The van der Waals surface area contributed by atoms with Crippen molar-refractivity contribution in [2.45, 2.75) is 12.5 Å². The molecule has 1 aliphatic rings. The molecule has 7 nitrogen and oxygen atoms in total. The fourth-order valence-corrected chi connectivity index (χ4v) is 4.34. The molecule has 0 spiro atoms. The fraction of sp³-hybridized carbons (Fsp3) is 0.129. The van der Waals surface area contributed by atoms with Crippen LogP contribution in [0.5, 0.6) is 17.2 Å². The van der Waals surface area contributed by atoms with Crippen molar-refractivity contribution in [3.8, 4) is 17.2 Å². The van der Waals surface area contributed by atoms with Crippen LogP contribution >= 0.6 is 0 Å². The van der Waals surface area contributed by atoms with Crippen LogP contribution in [0.2, 0.25) is 0 Å². The molecule has 0 radical (unpaired) electrons. The Morgan fingerprint density at radius 2 is 1.37 bits per heavy atom. The number of esters is 1. The Hall–Kier alpha value is -4.91. The first-order chi connectivity index (χ1) is 18.6. The number of methoxy groups -OCH3 is 2. The van der Waals surface area contributed by atoms with Gasteiger partial charge in [-0.3, -0.25) is 4.79 Å². The summed E-state index contributed by atoms with van der Waals surface area (Å²) in [4.78, 5) is 26.5. The topological polar surface area (TPSA) is 77.4 Å². The summed E-state index contributed by atoms with van der Waals surface area (Å²) in [6.45, 7) is 0. The molecule has 0 aliphatic carbocycles. The third kappa shape index (κ3) is 5.13. The molecule has 0 N–H and O–H groups in total. The molecule has 0 aromatic heterocycles. The van der Waals surface area contributed by atoms with E-state index in [-0.39, 0.29) is 11.9 Å². The zero-order valence-corrected chi connectivity index (χ0v) is 21.0. The van der Waals surface area contributed by atoms with Gasteiger partial charge in [0, 0.05) is 23.6 Å². The maximum atomic E-state index is 13.6. The van der Waals surface area contributed by atoms with Gasteiger partial charge in [-0.2, -0.15) is 5.10 Å². The van der Waals surface area contributed by atoms with Crippen LogP contribution < -0.4 is 14.2 Å². The average Bonchev–Trinajstić information content (AvgIpc) is 3.43. The van der Waals surface area contributed by atoms with Gasteiger partial charge in [0.2, 0.25) is 0 Å². The van der Waals surface area contributed by atoms with Crippen LogP contribution in [0.15, 0.2) is 108 Å². The number of hydrogen-bond acceptors (Lipinski definition) is 6. The Morgan fingerprint density at radius 1 is 0.763 bits per heavy atom. The molecule has 0 bridgehead atoms. The lowest BCUT2D eigenvalue weighted by molar-refractivity contribution is 0.0708. The number of hydrazone groups is 1. The van der Waals surface area contributed by atoms with Crippen molar-refractivity contribution in [1.82, 2.24) is 5.01 Å². The first kappa shape index (κ1) is 24.8. The number of rotatable bonds is 7. The molecule has 0 saturated heterocycles. The zero-order chi connectivity index (χ0) is 26.5. The molecule has 7 heteroatoms. The highest BCUT2D eigenvalue weighted by molar-refractivity contribution is 6.07. The van der Waals surface area contributed by atoms with Crippen LogP contribution in [0.25, 0.3) is 0 Å². The van der Waals surface area contributed by atoms with Crippen LogP contribution in [0.3, 0.4) is 0 Å². The van der Waals surface area contributed by atoms with Crippen molar-refractivity contribution in [2.24, 2.45) is 5.10 Å². The molecule has 5 rings (SSSR count). The maximum absolute atomic E-state index is 13.6. The third-order valence-electron chi connectivity index (χ3n) is 6.35. The standard InChI is InChI=1S/C31H26N2O5/c1-36-24-15-13-21(14-16-24)28-20-27(32-33(28)30(34)22-9-5-3-6-10-22)26-18-17-25(37-2)19-29(26)38-31(35)23-11-7-4-8-12-23/h3-19,28H,20H2,1-2H3/t28-/m0/s1. The van der Waals surface area contributed by atoms with E-state index < -0.39 is 5.97 Å². The summed E-state index contributed by atoms with van der Waals surface area (Å²) in [7, 11) is 3.16. The van der Waals surface area contributed by atoms with E-state index in [0.29, 0.717) is 40.3 Å². The number of benzene rings is 4. The highest BCUT2D eigenvalue weighted by Gasteiger charge is 2.35. The summed E-state index contributed by atoms with van der Waals surface area (Å²) in [5.41, 5.74) is 3.09. The predicted molar refractivity (Wildman–Crippen MR) is 144 cm³/mol. The van der Waals surface area contributed by atoms with Gasteiger partial charge in [-0.1, -0.05) is 48.5 Å². The van der Waals surface area contributed by atoms with E-state index in [1.54, 1.807) is 68.8 Å². The van der Waals surface area contributed by atoms with E-state index in [2.05, 4.69) is 0 Å². The van der Waals surface area contributed by atoms with Crippen LogP contribution in [0, 0.1) is 0 Å². The minimum atomic E-state index is -0.498.